The lowest BCUT2D eigenvalue weighted by Gasteiger charge is -2.13. The lowest BCUT2D eigenvalue weighted by molar-refractivity contribution is -0.137. The number of halogens is 3. The van der Waals surface area contributed by atoms with Crippen molar-refractivity contribution in [2.24, 2.45) is 0 Å². The third kappa shape index (κ3) is 3.72. The van der Waals surface area contributed by atoms with Crippen LogP contribution in [0.2, 0.25) is 0 Å². The van der Waals surface area contributed by atoms with E-state index in [1.807, 2.05) is 24.3 Å². The van der Waals surface area contributed by atoms with Crippen LogP contribution < -0.4 is 4.74 Å². The second kappa shape index (κ2) is 7.26. The topological polar surface area (TPSA) is 42.4 Å². The zero-order valence-corrected chi connectivity index (χ0v) is 15.2. The van der Waals surface area contributed by atoms with Crippen LogP contribution in [0.1, 0.15) is 11.1 Å². The quantitative estimate of drug-likeness (QED) is 0.438. The summed E-state index contributed by atoms with van der Waals surface area (Å²) < 4.78 is 46.2. The van der Waals surface area contributed by atoms with Gasteiger partial charge in [0.25, 0.3) is 5.19 Å². The van der Waals surface area contributed by atoms with E-state index in [0.29, 0.717) is 27.6 Å². The Morgan fingerprint density at radius 2 is 1.79 bits per heavy atom. The molecule has 0 atom stereocenters. The van der Waals surface area contributed by atoms with E-state index in [-0.39, 0.29) is 6.61 Å². The van der Waals surface area contributed by atoms with Gasteiger partial charge >= 0.3 is 6.18 Å². The summed E-state index contributed by atoms with van der Waals surface area (Å²) in [6.45, 7) is -0.229. The van der Waals surface area contributed by atoms with Gasteiger partial charge in [0.15, 0.2) is 0 Å². The highest BCUT2D eigenvalue weighted by Crippen LogP contribution is 2.39. The lowest BCUT2D eigenvalue weighted by atomic mass is 10.00. The zero-order chi connectivity index (χ0) is 19.7. The third-order valence-corrected chi connectivity index (χ3v) is 5.11. The van der Waals surface area contributed by atoms with Crippen molar-refractivity contribution in [1.29, 1.82) is 0 Å². The highest BCUT2D eigenvalue weighted by Gasteiger charge is 2.30. The Morgan fingerprint density at radius 3 is 2.54 bits per heavy atom. The minimum atomic E-state index is -4.45. The maximum Gasteiger partial charge on any atom is 0.416 e. The van der Waals surface area contributed by atoms with Crippen molar-refractivity contribution in [2.45, 2.75) is 12.8 Å². The highest BCUT2D eigenvalue weighted by atomic mass is 32.1. The molecule has 142 valence electrons. The number of nitrogens with zero attached hydrogens (tertiary/aromatic N) is 1. The van der Waals surface area contributed by atoms with Gasteiger partial charge in [0.05, 0.1) is 22.4 Å². The molecule has 0 saturated heterocycles. The standard InChI is InChI=1S/C21H14F3NO2S/c22-21(23,24)15-5-3-4-14(11-15)16-10-13(12-26)8-9-18(16)27-20-25-17-6-1-2-7-19(17)28-20/h1-11,26H,12H2. The van der Waals surface area contributed by atoms with Crippen LogP contribution in [-0.2, 0) is 12.8 Å². The van der Waals surface area contributed by atoms with Crippen molar-refractivity contribution < 1.29 is 23.0 Å². The Bertz CT molecular complexity index is 1100. The van der Waals surface area contributed by atoms with Crippen LogP contribution in [0.4, 0.5) is 13.2 Å². The van der Waals surface area contributed by atoms with Crippen LogP contribution in [0.3, 0.4) is 0 Å². The molecule has 1 N–H and O–H groups in total. The number of aliphatic hydroxyl groups excluding tert-OH is 1. The van der Waals surface area contributed by atoms with Crippen molar-refractivity contribution in [1.82, 2.24) is 4.98 Å². The molecule has 0 bridgehead atoms. The molecular formula is C21H14F3NO2S. The number of aliphatic hydroxyl groups is 1. The number of aromatic nitrogens is 1. The molecule has 1 heterocycles. The van der Waals surface area contributed by atoms with E-state index in [1.165, 1.54) is 17.4 Å². The molecule has 0 aliphatic carbocycles. The molecule has 3 aromatic carbocycles. The average Bonchev–Trinajstić information content (AvgIpc) is 3.10. The van der Waals surface area contributed by atoms with Gasteiger partial charge in [-0.1, -0.05) is 41.7 Å². The van der Waals surface area contributed by atoms with Gasteiger partial charge in [-0.2, -0.15) is 13.2 Å². The van der Waals surface area contributed by atoms with Crippen molar-refractivity contribution in [3.8, 4) is 22.1 Å². The molecule has 7 heteroatoms. The van der Waals surface area contributed by atoms with Gasteiger partial charge in [0, 0.05) is 5.56 Å². The van der Waals surface area contributed by atoms with E-state index >= 15 is 0 Å². The first-order valence-corrected chi connectivity index (χ1v) is 9.20. The third-order valence-electron chi connectivity index (χ3n) is 4.20. The van der Waals surface area contributed by atoms with Crippen LogP contribution in [0.15, 0.2) is 66.7 Å². The van der Waals surface area contributed by atoms with Crippen LogP contribution in [0, 0.1) is 0 Å². The minimum absolute atomic E-state index is 0.229. The van der Waals surface area contributed by atoms with Gasteiger partial charge < -0.3 is 9.84 Å². The first-order chi connectivity index (χ1) is 13.4. The number of hydrogen-bond acceptors (Lipinski definition) is 4. The summed E-state index contributed by atoms with van der Waals surface area (Å²) in [5.74, 6) is 0.371. The van der Waals surface area contributed by atoms with Gasteiger partial charge in [-0.05, 0) is 47.5 Å². The van der Waals surface area contributed by atoms with Crippen molar-refractivity contribution >= 4 is 21.6 Å². The molecule has 3 nitrogen and oxygen atoms in total. The monoisotopic (exact) mass is 401 g/mol. The Balaban J connectivity index is 1.78. The Kier molecular flexibility index (Phi) is 4.78. The number of hydrogen-bond donors (Lipinski definition) is 1. The van der Waals surface area contributed by atoms with Crippen molar-refractivity contribution in [2.75, 3.05) is 0 Å². The van der Waals surface area contributed by atoms with E-state index in [9.17, 15) is 18.3 Å². The predicted molar refractivity (Wildman–Crippen MR) is 102 cm³/mol. The summed E-state index contributed by atoms with van der Waals surface area (Å²) in [6.07, 6.45) is -4.45. The summed E-state index contributed by atoms with van der Waals surface area (Å²) in [6, 6.07) is 17.5. The van der Waals surface area contributed by atoms with Gasteiger partial charge in [-0.15, -0.1) is 0 Å². The summed E-state index contributed by atoms with van der Waals surface area (Å²) in [5.41, 5.74) is 1.42. The number of benzene rings is 3. The van der Waals surface area contributed by atoms with Crippen LogP contribution >= 0.6 is 11.3 Å². The molecule has 28 heavy (non-hydrogen) atoms. The lowest BCUT2D eigenvalue weighted by Crippen LogP contribution is -2.04. The smallest absolute Gasteiger partial charge is 0.416 e. The summed E-state index contributed by atoms with van der Waals surface area (Å²) in [4.78, 5) is 4.41. The van der Waals surface area contributed by atoms with Crippen molar-refractivity contribution in [3.05, 3.63) is 77.9 Å². The second-order valence-corrected chi connectivity index (χ2v) is 7.11. The normalized spacial score (nSPS) is 11.7. The number of fused-ring (bicyclic) bond motifs is 1. The van der Waals surface area contributed by atoms with Gasteiger partial charge in [0.1, 0.15) is 5.75 Å². The molecule has 1 aromatic heterocycles. The molecule has 0 radical (unpaired) electrons. The fraction of sp³-hybridized carbons (Fsp3) is 0.0952. The maximum atomic E-state index is 13.1. The molecule has 4 rings (SSSR count). The Hall–Kier alpha value is -2.90. The van der Waals surface area contributed by atoms with Crippen molar-refractivity contribution in [3.63, 3.8) is 0 Å². The number of ether oxygens (including phenoxy) is 1. The van der Waals surface area contributed by atoms with Gasteiger partial charge in [-0.3, -0.25) is 0 Å². The number of thiazole rings is 1. The zero-order valence-electron chi connectivity index (χ0n) is 14.4. The predicted octanol–water partition coefficient (Wildman–Crippen LogP) is 6.27. The fourth-order valence-corrected chi connectivity index (χ4v) is 3.67. The maximum absolute atomic E-state index is 13.1. The van der Waals surface area contributed by atoms with Crippen LogP contribution in [0.25, 0.3) is 21.3 Å². The molecule has 0 saturated carbocycles. The van der Waals surface area contributed by atoms with E-state index in [2.05, 4.69) is 4.98 Å². The first-order valence-electron chi connectivity index (χ1n) is 8.39. The molecule has 0 unspecified atom stereocenters. The Morgan fingerprint density at radius 1 is 0.964 bits per heavy atom. The van der Waals surface area contributed by atoms with Gasteiger partial charge in [-0.25, -0.2) is 4.98 Å². The van der Waals surface area contributed by atoms with Gasteiger partial charge in [0.2, 0.25) is 0 Å². The molecule has 0 aliphatic rings. The van der Waals surface area contributed by atoms with E-state index in [1.54, 1.807) is 24.3 Å². The number of alkyl halides is 3. The average molecular weight is 401 g/mol. The molecule has 0 amide bonds. The molecule has 4 aromatic rings. The van der Waals surface area contributed by atoms with E-state index < -0.39 is 11.7 Å². The highest BCUT2D eigenvalue weighted by molar-refractivity contribution is 7.20. The second-order valence-electron chi connectivity index (χ2n) is 6.12. The van der Waals surface area contributed by atoms with E-state index in [4.69, 9.17) is 4.74 Å². The number of rotatable bonds is 4. The summed E-state index contributed by atoms with van der Waals surface area (Å²) in [5, 5.41) is 9.83. The minimum Gasteiger partial charge on any atom is -0.430 e. The SMILES string of the molecule is OCc1ccc(Oc2nc3ccccc3s2)c(-c2cccc(C(F)(F)F)c2)c1. The molecule has 0 spiro atoms. The summed E-state index contributed by atoms with van der Waals surface area (Å²) >= 11 is 1.35. The Labute approximate surface area is 162 Å². The van der Waals surface area contributed by atoms with E-state index in [0.717, 1.165) is 22.3 Å². The van der Waals surface area contributed by atoms with Crippen LogP contribution in [-0.4, -0.2) is 10.1 Å². The van der Waals surface area contributed by atoms with Crippen LogP contribution in [0.5, 0.6) is 10.9 Å². The molecular weight excluding hydrogens is 387 g/mol. The number of para-hydroxylation sites is 1. The first kappa shape index (κ1) is 18.5. The molecule has 0 aliphatic heterocycles. The fourth-order valence-electron chi connectivity index (χ4n) is 2.84. The largest absolute Gasteiger partial charge is 0.430 e. The summed E-state index contributed by atoms with van der Waals surface area (Å²) in [7, 11) is 0. The molecule has 0 fully saturated rings.